The highest BCUT2D eigenvalue weighted by atomic mass is 16.5. The molecule has 0 fully saturated rings. The van der Waals surface area contributed by atoms with Crippen LogP contribution in [0.2, 0.25) is 0 Å². The van der Waals surface area contributed by atoms with Crippen LogP contribution in [0, 0.1) is 11.3 Å². The fraction of sp³-hybridized carbons (Fsp3) is 0.481. The van der Waals surface area contributed by atoms with Crippen LogP contribution in [0.5, 0.6) is 5.75 Å². The second kappa shape index (κ2) is 11.3. The average Bonchev–Trinajstić information content (AvgIpc) is 2.79. The number of carboxylic acids is 1. The minimum atomic E-state index is -0.874. The highest BCUT2D eigenvalue weighted by Gasteiger charge is 2.21. The number of nitrogens with one attached hydrogen (secondary N) is 1. The van der Waals surface area contributed by atoms with Crippen molar-refractivity contribution in [1.82, 2.24) is 5.32 Å². The van der Waals surface area contributed by atoms with Crippen LogP contribution < -0.4 is 10.1 Å². The second-order valence-corrected chi connectivity index (χ2v) is 9.55. The zero-order valence-electron chi connectivity index (χ0n) is 19.6. The Balaban J connectivity index is 1.51. The van der Waals surface area contributed by atoms with Gasteiger partial charge < -0.3 is 20.3 Å². The monoisotopic (exact) mass is 450 g/mol. The summed E-state index contributed by atoms with van der Waals surface area (Å²) in [6, 6.07) is 13.9. The van der Waals surface area contributed by atoms with E-state index in [-0.39, 0.29) is 18.6 Å². The molecule has 0 bridgehead atoms. The molecule has 0 amide bonds. The molecule has 0 spiro atoms. The molecule has 1 aliphatic carbocycles. The van der Waals surface area contributed by atoms with Crippen molar-refractivity contribution < 1.29 is 19.7 Å². The van der Waals surface area contributed by atoms with Crippen LogP contribution in [0.4, 0.5) is 0 Å². The van der Waals surface area contributed by atoms with Crippen molar-refractivity contribution in [3.8, 4) is 11.8 Å². The van der Waals surface area contributed by atoms with Gasteiger partial charge in [-0.1, -0.05) is 24.3 Å². The topological polar surface area (TPSA) is 103 Å². The lowest BCUT2D eigenvalue weighted by atomic mass is 9.87. The molecule has 0 radical (unpaired) electrons. The van der Waals surface area contributed by atoms with Crippen LogP contribution >= 0.6 is 0 Å². The standard InChI is InChI=1S/C27H34N2O4/c1-27(2,15-20-8-10-21-5-3-4-6-22(21)13-20)29-17-24(30)18-33-25-14-19(9-12-26(31)32)7-11-23(25)16-28/h7-8,10-11,13-14,24,29-30H,3-6,9,12,15,17-18H2,1-2H3,(H,31,32)/t24-/m1/s1. The van der Waals surface area contributed by atoms with E-state index in [1.54, 1.807) is 18.2 Å². The Morgan fingerprint density at radius 1 is 1.15 bits per heavy atom. The number of hydrogen-bond acceptors (Lipinski definition) is 5. The molecule has 3 rings (SSSR count). The molecule has 6 nitrogen and oxygen atoms in total. The summed E-state index contributed by atoms with van der Waals surface area (Å²) < 4.78 is 5.72. The van der Waals surface area contributed by atoms with Crippen LogP contribution in [-0.2, 0) is 30.5 Å². The maximum absolute atomic E-state index is 10.8. The molecule has 2 aromatic carbocycles. The Labute approximate surface area is 196 Å². The third kappa shape index (κ3) is 7.59. The zero-order valence-corrected chi connectivity index (χ0v) is 19.6. The molecule has 6 heteroatoms. The number of fused-ring (bicyclic) bond motifs is 1. The summed E-state index contributed by atoms with van der Waals surface area (Å²) in [5.74, 6) is -0.505. The van der Waals surface area contributed by atoms with Crippen molar-refractivity contribution in [1.29, 1.82) is 5.26 Å². The van der Waals surface area contributed by atoms with Crippen molar-refractivity contribution in [2.45, 2.75) is 70.4 Å². The number of carbonyl (C=O) groups is 1. The molecule has 0 unspecified atom stereocenters. The van der Waals surface area contributed by atoms with Crippen molar-refractivity contribution in [2.24, 2.45) is 0 Å². The highest BCUT2D eigenvalue weighted by molar-refractivity contribution is 5.67. The fourth-order valence-electron chi connectivity index (χ4n) is 4.29. The summed E-state index contributed by atoms with van der Waals surface area (Å²) in [4.78, 5) is 10.8. The van der Waals surface area contributed by atoms with E-state index in [0.717, 1.165) is 18.4 Å². The number of β-amino-alcohol motifs (C(OH)–C–C–N with tert-alkyl or cyclic N) is 1. The SMILES string of the molecule is CC(C)(Cc1ccc2c(c1)CCCC2)NC[C@@H](O)COc1cc(CCC(=O)O)ccc1C#N. The summed E-state index contributed by atoms with van der Waals surface area (Å²) in [6.45, 7) is 4.65. The number of ether oxygens (including phenoxy) is 1. The molecular weight excluding hydrogens is 416 g/mol. The molecule has 0 saturated carbocycles. The van der Waals surface area contributed by atoms with E-state index in [0.29, 0.717) is 24.3 Å². The molecule has 0 aliphatic heterocycles. The first kappa shape index (κ1) is 24.8. The summed E-state index contributed by atoms with van der Waals surface area (Å²) in [5.41, 5.74) is 5.20. The van der Waals surface area contributed by atoms with Gasteiger partial charge in [0, 0.05) is 18.5 Å². The van der Waals surface area contributed by atoms with Gasteiger partial charge in [-0.05, 0) is 86.8 Å². The summed E-state index contributed by atoms with van der Waals surface area (Å²) in [5, 5.41) is 32.1. The number of nitrogens with zero attached hydrogens (tertiary/aromatic N) is 1. The number of carboxylic acid groups (broad SMARTS) is 1. The van der Waals surface area contributed by atoms with Crippen molar-refractivity contribution in [3.63, 3.8) is 0 Å². The molecule has 1 atom stereocenters. The van der Waals surface area contributed by atoms with Crippen molar-refractivity contribution in [2.75, 3.05) is 13.2 Å². The molecule has 2 aromatic rings. The predicted octanol–water partition coefficient (Wildman–Crippen LogP) is 3.80. The lowest BCUT2D eigenvalue weighted by molar-refractivity contribution is -0.136. The van der Waals surface area contributed by atoms with Gasteiger partial charge in [-0.15, -0.1) is 0 Å². The Kier molecular flexibility index (Phi) is 8.49. The molecule has 0 saturated heterocycles. The maximum Gasteiger partial charge on any atom is 0.303 e. The molecule has 1 aliphatic rings. The van der Waals surface area contributed by atoms with Crippen LogP contribution in [0.3, 0.4) is 0 Å². The maximum atomic E-state index is 10.8. The normalized spacial score (nSPS) is 14.2. The van der Waals surface area contributed by atoms with E-state index in [1.807, 2.05) is 0 Å². The molecular formula is C27H34N2O4. The third-order valence-corrected chi connectivity index (χ3v) is 6.10. The first-order chi connectivity index (χ1) is 15.8. The summed E-state index contributed by atoms with van der Waals surface area (Å²) in [6.07, 6.45) is 5.37. The van der Waals surface area contributed by atoms with Gasteiger partial charge in [0.25, 0.3) is 0 Å². The molecule has 33 heavy (non-hydrogen) atoms. The van der Waals surface area contributed by atoms with Crippen LogP contribution in [0.15, 0.2) is 36.4 Å². The van der Waals surface area contributed by atoms with Gasteiger partial charge in [0.15, 0.2) is 0 Å². The fourth-order valence-corrected chi connectivity index (χ4v) is 4.29. The first-order valence-electron chi connectivity index (χ1n) is 11.7. The number of aliphatic hydroxyl groups is 1. The quantitative estimate of drug-likeness (QED) is 0.481. The van der Waals surface area contributed by atoms with E-state index in [9.17, 15) is 15.2 Å². The number of rotatable bonds is 11. The Hall–Kier alpha value is -2.88. The minimum Gasteiger partial charge on any atom is -0.489 e. The molecule has 176 valence electrons. The van der Waals surface area contributed by atoms with Gasteiger partial charge in [-0.25, -0.2) is 0 Å². The number of aliphatic carboxylic acids is 1. The van der Waals surface area contributed by atoms with E-state index in [2.05, 4.69) is 43.4 Å². The van der Waals surface area contributed by atoms with Crippen LogP contribution in [0.1, 0.15) is 60.9 Å². The van der Waals surface area contributed by atoms with Crippen LogP contribution in [0.25, 0.3) is 0 Å². The predicted molar refractivity (Wildman–Crippen MR) is 127 cm³/mol. The minimum absolute atomic E-state index is 0.0111. The van der Waals surface area contributed by atoms with Crippen LogP contribution in [-0.4, -0.2) is 41.0 Å². The Morgan fingerprint density at radius 2 is 1.88 bits per heavy atom. The van der Waals surface area contributed by atoms with Gasteiger partial charge in [0.05, 0.1) is 5.56 Å². The van der Waals surface area contributed by atoms with Gasteiger partial charge in [-0.3, -0.25) is 4.79 Å². The molecule has 0 aromatic heterocycles. The van der Waals surface area contributed by atoms with E-state index in [4.69, 9.17) is 9.84 Å². The second-order valence-electron chi connectivity index (χ2n) is 9.55. The van der Waals surface area contributed by atoms with E-state index < -0.39 is 12.1 Å². The molecule has 3 N–H and O–H groups in total. The number of aryl methyl sites for hydroxylation is 3. The van der Waals surface area contributed by atoms with E-state index in [1.165, 1.54) is 36.0 Å². The Bertz CT molecular complexity index is 1010. The lowest BCUT2D eigenvalue weighted by Gasteiger charge is -2.29. The number of hydrogen-bond donors (Lipinski definition) is 3. The first-order valence-corrected chi connectivity index (χ1v) is 11.7. The molecule has 0 heterocycles. The summed E-state index contributed by atoms with van der Waals surface area (Å²) >= 11 is 0. The number of aliphatic hydroxyl groups excluding tert-OH is 1. The number of nitriles is 1. The van der Waals surface area contributed by atoms with Crippen molar-refractivity contribution in [3.05, 3.63) is 64.2 Å². The lowest BCUT2D eigenvalue weighted by Crippen LogP contribution is -2.46. The average molecular weight is 451 g/mol. The van der Waals surface area contributed by atoms with E-state index >= 15 is 0 Å². The van der Waals surface area contributed by atoms with Gasteiger partial charge in [0.1, 0.15) is 24.5 Å². The van der Waals surface area contributed by atoms with Gasteiger partial charge in [-0.2, -0.15) is 5.26 Å². The third-order valence-electron chi connectivity index (χ3n) is 6.10. The van der Waals surface area contributed by atoms with Gasteiger partial charge >= 0.3 is 5.97 Å². The highest BCUT2D eigenvalue weighted by Crippen LogP contribution is 2.24. The number of benzene rings is 2. The largest absolute Gasteiger partial charge is 0.489 e. The summed E-state index contributed by atoms with van der Waals surface area (Å²) in [7, 11) is 0. The zero-order chi connectivity index (χ0) is 23.8. The smallest absolute Gasteiger partial charge is 0.303 e. The van der Waals surface area contributed by atoms with Crippen molar-refractivity contribution >= 4 is 5.97 Å². The van der Waals surface area contributed by atoms with Gasteiger partial charge in [0.2, 0.25) is 0 Å². The Morgan fingerprint density at radius 3 is 2.61 bits per heavy atom.